The van der Waals surface area contributed by atoms with Crippen molar-refractivity contribution in [3.63, 3.8) is 0 Å². The van der Waals surface area contributed by atoms with E-state index in [0.717, 1.165) is 0 Å². The Morgan fingerprint density at radius 1 is 1.26 bits per heavy atom. The van der Waals surface area contributed by atoms with E-state index in [2.05, 4.69) is 20.7 Å². The lowest BCUT2D eigenvalue weighted by Gasteiger charge is -2.00. The monoisotopic (exact) mass is 299 g/mol. The molecule has 1 aromatic heterocycles. The van der Waals surface area contributed by atoms with Crippen molar-refractivity contribution in [1.82, 2.24) is 15.2 Å². The summed E-state index contributed by atoms with van der Waals surface area (Å²) in [7, 11) is 0. The molecule has 7 nitrogen and oxygen atoms in total. The summed E-state index contributed by atoms with van der Waals surface area (Å²) >= 11 is 11.9. The molecule has 0 radical (unpaired) electrons. The number of benzene rings is 1. The van der Waals surface area contributed by atoms with Crippen LogP contribution in [0.5, 0.6) is 0 Å². The molecule has 0 amide bonds. The highest BCUT2D eigenvalue weighted by molar-refractivity contribution is 6.38. The number of aromatic amines is 2. The molecule has 0 bridgehead atoms. The lowest BCUT2D eigenvalue weighted by atomic mass is 10.2. The number of nitrogens with one attached hydrogen (secondary N) is 3. The number of aromatic nitrogens is 3. The quantitative estimate of drug-likeness (QED) is 0.585. The van der Waals surface area contributed by atoms with E-state index < -0.39 is 11.2 Å². The van der Waals surface area contributed by atoms with Gasteiger partial charge in [-0.1, -0.05) is 29.3 Å². The number of H-pyrrole nitrogens is 2. The number of nitrogens with zero attached hydrogens (tertiary/aromatic N) is 2. The van der Waals surface area contributed by atoms with E-state index in [4.69, 9.17) is 23.2 Å². The second-order valence-corrected chi connectivity index (χ2v) is 4.18. The van der Waals surface area contributed by atoms with Gasteiger partial charge in [0.2, 0.25) is 5.82 Å². The van der Waals surface area contributed by atoms with E-state index in [0.29, 0.717) is 15.6 Å². The summed E-state index contributed by atoms with van der Waals surface area (Å²) in [5.74, 6) is -0.154. The summed E-state index contributed by atoms with van der Waals surface area (Å²) in [6.07, 6.45) is 1.34. The van der Waals surface area contributed by atoms with Gasteiger partial charge in [0, 0.05) is 5.56 Å². The zero-order valence-corrected chi connectivity index (χ0v) is 10.8. The maximum atomic E-state index is 11.3. The van der Waals surface area contributed by atoms with Crippen molar-refractivity contribution >= 4 is 35.2 Å². The molecular weight excluding hydrogens is 293 g/mol. The van der Waals surface area contributed by atoms with Gasteiger partial charge >= 0.3 is 5.69 Å². The Labute approximate surface area is 116 Å². The fraction of sp³-hybridized carbons (Fsp3) is 0. The van der Waals surface area contributed by atoms with Crippen LogP contribution in [0.3, 0.4) is 0 Å². The molecule has 98 valence electrons. The van der Waals surface area contributed by atoms with Crippen LogP contribution < -0.4 is 16.7 Å². The Hall–Kier alpha value is -2.12. The first-order chi connectivity index (χ1) is 9.08. The van der Waals surface area contributed by atoms with Gasteiger partial charge in [0.05, 0.1) is 16.3 Å². The van der Waals surface area contributed by atoms with Crippen molar-refractivity contribution < 1.29 is 0 Å². The minimum atomic E-state index is -0.700. The van der Waals surface area contributed by atoms with E-state index in [9.17, 15) is 9.59 Å². The molecule has 1 heterocycles. The van der Waals surface area contributed by atoms with Crippen LogP contribution in [-0.2, 0) is 0 Å². The van der Waals surface area contributed by atoms with E-state index in [1.165, 1.54) is 6.21 Å². The third-order valence-corrected chi connectivity index (χ3v) is 2.73. The first kappa shape index (κ1) is 13.3. The Bertz CT molecular complexity index is 717. The van der Waals surface area contributed by atoms with Gasteiger partial charge in [-0.2, -0.15) is 5.10 Å². The molecule has 0 unspecified atom stereocenters. The van der Waals surface area contributed by atoms with Crippen molar-refractivity contribution in [3.05, 3.63) is 54.6 Å². The predicted molar refractivity (Wildman–Crippen MR) is 73.2 cm³/mol. The van der Waals surface area contributed by atoms with Crippen LogP contribution in [0.25, 0.3) is 0 Å². The van der Waals surface area contributed by atoms with E-state index in [1.807, 2.05) is 4.98 Å². The highest BCUT2D eigenvalue weighted by atomic mass is 35.5. The van der Waals surface area contributed by atoms with Crippen molar-refractivity contribution in [2.75, 3.05) is 5.43 Å². The summed E-state index contributed by atoms with van der Waals surface area (Å²) in [5.41, 5.74) is 1.48. The Balaban J connectivity index is 2.21. The minimum Gasteiger partial charge on any atom is -0.270 e. The fourth-order valence-electron chi connectivity index (χ4n) is 1.22. The maximum absolute atomic E-state index is 11.3. The van der Waals surface area contributed by atoms with Crippen LogP contribution in [0.4, 0.5) is 5.82 Å². The average Bonchev–Trinajstić information content (AvgIpc) is 2.35. The van der Waals surface area contributed by atoms with Crippen LogP contribution in [0.1, 0.15) is 5.56 Å². The Morgan fingerprint density at radius 3 is 2.58 bits per heavy atom. The molecular formula is C10H7Cl2N5O2. The molecule has 9 heteroatoms. The first-order valence-corrected chi connectivity index (χ1v) is 5.75. The van der Waals surface area contributed by atoms with Crippen LogP contribution >= 0.6 is 23.2 Å². The van der Waals surface area contributed by atoms with Gasteiger partial charge in [-0.3, -0.25) is 15.2 Å². The van der Waals surface area contributed by atoms with Crippen molar-refractivity contribution in [2.45, 2.75) is 0 Å². The SMILES string of the molecule is O=c1[nH]nc(N/N=C/c2c(Cl)cccc2Cl)c(=O)[nH]1. The number of rotatable bonds is 3. The molecule has 2 rings (SSSR count). The molecule has 2 aromatic rings. The highest BCUT2D eigenvalue weighted by Gasteiger charge is 2.03. The number of hydrogen-bond acceptors (Lipinski definition) is 5. The van der Waals surface area contributed by atoms with Crippen LogP contribution in [0.15, 0.2) is 32.9 Å². The van der Waals surface area contributed by atoms with E-state index in [1.54, 1.807) is 18.2 Å². The van der Waals surface area contributed by atoms with Gasteiger partial charge in [0.25, 0.3) is 5.56 Å². The van der Waals surface area contributed by atoms with Gasteiger partial charge in [-0.25, -0.2) is 9.89 Å². The Morgan fingerprint density at radius 2 is 1.95 bits per heavy atom. The van der Waals surface area contributed by atoms with Crippen LogP contribution in [0, 0.1) is 0 Å². The van der Waals surface area contributed by atoms with Gasteiger partial charge in [-0.05, 0) is 12.1 Å². The van der Waals surface area contributed by atoms with Crippen molar-refractivity contribution in [2.24, 2.45) is 5.10 Å². The zero-order valence-electron chi connectivity index (χ0n) is 9.28. The molecule has 3 N–H and O–H groups in total. The predicted octanol–water partition coefficient (Wildman–Crippen LogP) is 1.21. The lowest BCUT2D eigenvalue weighted by molar-refractivity contribution is 0.890. The summed E-state index contributed by atoms with van der Waals surface area (Å²) < 4.78 is 0. The Kier molecular flexibility index (Phi) is 3.98. The molecule has 1 aromatic carbocycles. The molecule has 0 aliphatic carbocycles. The van der Waals surface area contributed by atoms with E-state index in [-0.39, 0.29) is 5.82 Å². The molecule has 0 spiro atoms. The third-order valence-electron chi connectivity index (χ3n) is 2.08. The summed E-state index contributed by atoms with van der Waals surface area (Å²) in [5, 5.41) is 10.2. The molecule has 0 aliphatic rings. The molecule has 0 saturated heterocycles. The van der Waals surface area contributed by atoms with Crippen LogP contribution in [-0.4, -0.2) is 21.4 Å². The molecule has 0 saturated carbocycles. The molecule has 0 atom stereocenters. The summed E-state index contributed by atoms with van der Waals surface area (Å²) in [6, 6.07) is 5.00. The molecule has 0 fully saturated rings. The zero-order chi connectivity index (χ0) is 13.8. The van der Waals surface area contributed by atoms with Gasteiger partial charge in [0.1, 0.15) is 0 Å². The van der Waals surface area contributed by atoms with Crippen molar-refractivity contribution in [3.8, 4) is 0 Å². The first-order valence-electron chi connectivity index (χ1n) is 5.00. The van der Waals surface area contributed by atoms with Gasteiger partial charge in [0.15, 0.2) is 0 Å². The maximum Gasteiger partial charge on any atom is 0.342 e. The third kappa shape index (κ3) is 3.21. The normalized spacial score (nSPS) is 10.8. The lowest BCUT2D eigenvalue weighted by Crippen LogP contribution is -2.25. The molecule has 0 aliphatic heterocycles. The number of hydrogen-bond donors (Lipinski definition) is 3. The smallest absolute Gasteiger partial charge is 0.270 e. The largest absolute Gasteiger partial charge is 0.342 e. The second kappa shape index (κ2) is 5.68. The standard InChI is InChI=1S/C10H7Cl2N5O2/c11-6-2-1-3-7(12)5(6)4-13-15-8-9(18)14-10(19)17-16-8/h1-4H,(H,15,16)(H2,14,17,18,19)/b13-4+. The minimum absolute atomic E-state index is 0.154. The molecule has 19 heavy (non-hydrogen) atoms. The number of hydrazone groups is 1. The number of anilines is 1. The van der Waals surface area contributed by atoms with Crippen LogP contribution in [0.2, 0.25) is 10.0 Å². The number of halogens is 2. The second-order valence-electron chi connectivity index (χ2n) is 3.36. The summed E-state index contributed by atoms with van der Waals surface area (Å²) in [4.78, 5) is 24.0. The summed E-state index contributed by atoms with van der Waals surface area (Å²) in [6.45, 7) is 0. The average molecular weight is 300 g/mol. The van der Waals surface area contributed by atoms with Crippen molar-refractivity contribution in [1.29, 1.82) is 0 Å². The van der Waals surface area contributed by atoms with E-state index >= 15 is 0 Å². The topological polar surface area (TPSA) is 103 Å². The van der Waals surface area contributed by atoms with Gasteiger partial charge < -0.3 is 0 Å². The highest BCUT2D eigenvalue weighted by Crippen LogP contribution is 2.22. The fourth-order valence-corrected chi connectivity index (χ4v) is 1.71. The van der Waals surface area contributed by atoms with Gasteiger partial charge in [-0.15, -0.1) is 5.10 Å².